The molecule has 4 unspecified atom stereocenters. The Morgan fingerprint density at radius 3 is 2.46 bits per heavy atom. The molecule has 8 heteroatoms. The fourth-order valence-corrected chi connectivity index (χ4v) is 6.70. The molecule has 3 aliphatic rings. The molecule has 2 N–H and O–H groups in total. The second-order valence-electron chi connectivity index (χ2n) is 12.0. The average Bonchev–Trinajstić information content (AvgIpc) is 3.50. The van der Waals surface area contributed by atoms with Crippen LogP contribution in [0, 0.1) is 17.8 Å². The Balaban J connectivity index is 1.26. The van der Waals surface area contributed by atoms with E-state index in [1.54, 1.807) is 6.92 Å². The first kappa shape index (κ1) is 28.8. The summed E-state index contributed by atoms with van der Waals surface area (Å²) in [4.78, 5) is 37.6. The number of aliphatic carboxylic acids is 1. The number of hydrogen-bond donors (Lipinski definition) is 2. The van der Waals surface area contributed by atoms with Crippen molar-refractivity contribution in [3.63, 3.8) is 0 Å². The molecule has 1 aliphatic heterocycles. The molecule has 0 bridgehead atoms. The molecule has 2 aromatic carbocycles. The van der Waals surface area contributed by atoms with Gasteiger partial charge in [-0.25, -0.2) is 5.01 Å². The standard InChI is InChI=1S/C33H41N3O5/c1-22(33(39)40)18-24-8-7-13-28(19-24)34-31(38)30(25-9-5-6-10-25)26-16-14-23(15-17-26)20-36-29(37)21-41-32(35-36)27-11-3-2-4-12-27/h2-4,11-12,14-17,22,24-25,28,30H,5-10,13,18-21H2,1H3,(H,34,38)(H,39,40). The minimum atomic E-state index is -0.748. The van der Waals surface area contributed by atoms with Crippen LogP contribution in [-0.2, 0) is 25.7 Å². The van der Waals surface area contributed by atoms with Crippen LogP contribution in [0.2, 0.25) is 0 Å². The molecule has 2 amide bonds. The number of hydrazone groups is 1. The van der Waals surface area contributed by atoms with Crippen molar-refractivity contribution in [1.82, 2.24) is 10.3 Å². The van der Waals surface area contributed by atoms with Gasteiger partial charge in [0.2, 0.25) is 11.8 Å². The van der Waals surface area contributed by atoms with Crippen LogP contribution in [0.4, 0.5) is 0 Å². The maximum atomic E-state index is 13.8. The van der Waals surface area contributed by atoms with Gasteiger partial charge in [0.05, 0.1) is 18.4 Å². The van der Waals surface area contributed by atoms with E-state index in [4.69, 9.17) is 4.74 Å². The monoisotopic (exact) mass is 559 g/mol. The number of carbonyl (C=O) groups is 3. The summed E-state index contributed by atoms with van der Waals surface area (Å²) >= 11 is 0. The molecule has 1 heterocycles. The zero-order valence-electron chi connectivity index (χ0n) is 23.8. The lowest BCUT2D eigenvalue weighted by molar-refractivity contribution is -0.142. The van der Waals surface area contributed by atoms with Crippen LogP contribution in [0.15, 0.2) is 59.7 Å². The maximum Gasteiger partial charge on any atom is 0.306 e. The number of rotatable bonds is 10. The smallest absolute Gasteiger partial charge is 0.306 e. The fourth-order valence-electron chi connectivity index (χ4n) is 6.70. The number of hydrogen-bond acceptors (Lipinski definition) is 5. The third-order valence-electron chi connectivity index (χ3n) is 8.92. The molecule has 41 heavy (non-hydrogen) atoms. The number of carbonyl (C=O) groups excluding carboxylic acids is 2. The van der Waals surface area contributed by atoms with Gasteiger partial charge in [0, 0.05) is 11.6 Å². The van der Waals surface area contributed by atoms with Crippen LogP contribution < -0.4 is 5.32 Å². The van der Waals surface area contributed by atoms with Crippen LogP contribution in [-0.4, -0.2) is 46.4 Å². The summed E-state index contributed by atoms with van der Waals surface area (Å²) in [6.07, 6.45) is 8.87. The summed E-state index contributed by atoms with van der Waals surface area (Å²) in [6.45, 7) is 2.05. The molecule has 0 radical (unpaired) electrons. The highest BCUT2D eigenvalue weighted by atomic mass is 16.5. The molecule has 2 aromatic rings. The molecule has 0 spiro atoms. The van der Waals surface area contributed by atoms with Crippen molar-refractivity contribution in [3.8, 4) is 0 Å². The van der Waals surface area contributed by atoms with Gasteiger partial charge in [0.15, 0.2) is 6.61 Å². The van der Waals surface area contributed by atoms with Gasteiger partial charge in [-0.15, -0.1) is 5.10 Å². The van der Waals surface area contributed by atoms with Gasteiger partial charge in [-0.05, 0) is 67.2 Å². The maximum absolute atomic E-state index is 13.8. The molecule has 2 saturated carbocycles. The highest BCUT2D eigenvalue weighted by molar-refractivity contribution is 5.97. The highest BCUT2D eigenvalue weighted by Crippen LogP contribution is 2.38. The molecular weight excluding hydrogens is 518 g/mol. The number of carboxylic acid groups (broad SMARTS) is 1. The second kappa shape index (κ2) is 13.3. The average molecular weight is 560 g/mol. The Labute approximate surface area is 242 Å². The summed E-state index contributed by atoms with van der Waals surface area (Å²) < 4.78 is 5.56. The summed E-state index contributed by atoms with van der Waals surface area (Å²) in [7, 11) is 0. The predicted octanol–water partition coefficient (Wildman–Crippen LogP) is 5.47. The van der Waals surface area contributed by atoms with Crippen molar-refractivity contribution in [1.29, 1.82) is 0 Å². The van der Waals surface area contributed by atoms with Gasteiger partial charge < -0.3 is 15.2 Å². The first-order valence-electron chi connectivity index (χ1n) is 15.1. The van der Waals surface area contributed by atoms with E-state index in [2.05, 4.69) is 10.4 Å². The minimum absolute atomic E-state index is 0.0486. The van der Waals surface area contributed by atoms with E-state index >= 15 is 0 Å². The number of nitrogens with zero attached hydrogens (tertiary/aromatic N) is 2. The van der Waals surface area contributed by atoms with E-state index in [0.717, 1.165) is 68.1 Å². The normalized spacial score (nSPS) is 22.9. The van der Waals surface area contributed by atoms with E-state index in [-0.39, 0.29) is 36.3 Å². The minimum Gasteiger partial charge on any atom is -0.481 e. The largest absolute Gasteiger partial charge is 0.481 e. The SMILES string of the molecule is CC(CC1CCCC(NC(=O)C(c2ccc(CN3N=C(c4ccccc4)OCC3=O)cc2)C2CCCC2)C1)C(=O)O. The van der Waals surface area contributed by atoms with Crippen molar-refractivity contribution in [2.24, 2.45) is 22.9 Å². The Bertz CT molecular complexity index is 1240. The molecule has 0 saturated heterocycles. The van der Waals surface area contributed by atoms with Gasteiger partial charge in [-0.2, -0.15) is 0 Å². The number of nitrogens with one attached hydrogen (secondary N) is 1. The first-order valence-corrected chi connectivity index (χ1v) is 15.1. The molecule has 4 atom stereocenters. The fraction of sp³-hybridized carbons (Fsp3) is 0.515. The van der Waals surface area contributed by atoms with Crippen molar-refractivity contribution in [2.75, 3.05) is 6.61 Å². The van der Waals surface area contributed by atoms with Gasteiger partial charge in [-0.3, -0.25) is 14.4 Å². The van der Waals surface area contributed by atoms with Gasteiger partial charge in [0.1, 0.15) is 0 Å². The summed E-state index contributed by atoms with van der Waals surface area (Å²) in [5.41, 5.74) is 2.77. The third-order valence-corrected chi connectivity index (χ3v) is 8.92. The quantitative estimate of drug-likeness (QED) is 0.402. The molecule has 218 valence electrons. The van der Waals surface area contributed by atoms with Crippen LogP contribution in [0.25, 0.3) is 0 Å². The van der Waals surface area contributed by atoms with E-state index in [1.807, 2.05) is 54.6 Å². The number of carboxylic acids is 1. The van der Waals surface area contributed by atoms with Crippen molar-refractivity contribution >= 4 is 23.7 Å². The lowest BCUT2D eigenvalue weighted by Gasteiger charge is -2.33. The van der Waals surface area contributed by atoms with Crippen LogP contribution in [0.3, 0.4) is 0 Å². The van der Waals surface area contributed by atoms with Gasteiger partial charge in [0.25, 0.3) is 5.91 Å². The highest BCUT2D eigenvalue weighted by Gasteiger charge is 2.34. The summed E-state index contributed by atoms with van der Waals surface area (Å²) in [6, 6.07) is 17.7. The van der Waals surface area contributed by atoms with Crippen molar-refractivity contribution in [3.05, 3.63) is 71.3 Å². The third kappa shape index (κ3) is 7.34. The lowest BCUT2D eigenvalue weighted by Crippen LogP contribution is -2.42. The Morgan fingerprint density at radius 1 is 1.02 bits per heavy atom. The van der Waals surface area contributed by atoms with Crippen molar-refractivity contribution < 1.29 is 24.2 Å². The van der Waals surface area contributed by atoms with E-state index in [9.17, 15) is 19.5 Å². The van der Waals surface area contributed by atoms with Crippen LogP contribution in [0.1, 0.15) is 87.3 Å². The van der Waals surface area contributed by atoms with E-state index in [0.29, 0.717) is 30.7 Å². The zero-order valence-corrected chi connectivity index (χ0v) is 23.8. The number of benzene rings is 2. The summed E-state index contributed by atoms with van der Waals surface area (Å²) in [5.74, 6) is -0.351. The van der Waals surface area contributed by atoms with E-state index in [1.165, 1.54) is 5.01 Å². The second-order valence-corrected chi connectivity index (χ2v) is 12.0. The predicted molar refractivity (Wildman–Crippen MR) is 156 cm³/mol. The van der Waals surface area contributed by atoms with Gasteiger partial charge in [-0.1, -0.05) is 75.1 Å². The Hall–Kier alpha value is -3.68. The molecule has 2 aliphatic carbocycles. The first-order chi connectivity index (χ1) is 19.9. The van der Waals surface area contributed by atoms with Crippen LogP contribution in [0.5, 0.6) is 0 Å². The van der Waals surface area contributed by atoms with Gasteiger partial charge >= 0.3 is 5.97 Å². The lowest BCUT2D eigenvalue weighted by atomic mass is 9.79. The Morgan fingerprint density at radius 2 is 1.76 bits per heavy atom. The summed E-state index contributed by atoms with van der Waals surface area (Å²) in [5, 5.41) is 18.6. The number of amides is 2. The molecule has 0 aromatic heterocycles. The van der Waals surface area contributed by atoms with Crippen molar-refractivity contribution in [2.45, 2.75) is 83.2 Å². The van der Waals surface area contributed by atoms with Crippen LogP contribution >= 0.6 is 0 Å². The molecule has 8 nitrogen and oxygen atoms in total. The Kier molecular flexibility index (Phi) is 9.37. The topological polar surface area (TPSA) is 108 Å². The molecule has 2 fully saturated rings. The number of ether oxygens (including phenoxy) is 1. The molecule has 5 rings (SSSR count). The molecular formula is C33H41N3O5. The zero-order chi connectivity index (χ0) is 28.8. The van der Waals surface area contributed by atoms with E-state index < -0.39 is 5.97 Å².